The molecule has 1 rings (SSSR count). The number of rotatable bonds is 6. The molecule has 0 saturated carbocycles. The first-order valence-corrected chi connectivity index (χ1v) is 8.30. The van der Waals surface area contributed by atoms with Gasteiger partial charge in [0.25, 0.3) is 0 Å². The Morgan fingerprint density at radius 3 is 2.45 bits per heavy atom. The fourth-order valence-corrected chi connectivity index (χ4v) is 2.85. The molecule has 0 aromatic carbocycles. The molecule has 0 N–H and O–H groups in total. The molecular weight excluding hydrogens is 240 g/mol. The molecule has 1 atom stereocenters. The van der Waals surface area contributed by atoms with Crippen molar-refractivity contribution in [3.63, 3.8) is 0 Å². The fourth-order valence-electron chi connectivity index (χ4n) is 2.85. The van der Waals surface area contributed by atoms with Gasteiger partial charge in [0.2, 0.25) is 0 Å². The molecule has 1 aliphatic rings. The third-order valence-electron chi connectivity index (χ3n) is 4.65. The summed E-state index contributed by atoms with van der Waals surface area (Å²) in [7, 11) is 0. The lowest BCUT2D eigenvalue weighted by molar-refractivity contribution is 0.284. The van der Waals surface area contributed by atoms with Crippen molar-refractivity contribution in [1.82, 2.24) is 0 Å². The lowest BCUT2D eigenvalue weighted by Crippen LogP contribution is -2.19. The van der Waals surface area contributed by atoms with Crippen molar-refractivity contribution >= 4 is 0 Å². The van der Waals surface area contributed by atoms with Gasteiger partial charge in [0.15, 0.2) is 0 Å². The van der Waals surface area contributed by atoms with E-state index in [9.17, 15) is 0 Å². The molecule has 114 valence electrons. The van der Waals surface area contributed by atoms with Gasteiger partial charge in [0.1, 0.15) is 0 Å². The van der Waals surface area contributed by atoms with Gasteiger partial charge in [0.05, 0.1) is 0 Å². The van der Waals surface area contributed by atoms with Gasteiger partial charge in [0, 0.05) is 0 Å². The van der Waals surface area contributed by atoms with Crippen molar-refractivity contribution in [1.29, 1.82) is 0 Å². The topological polar surface area (TPSA) is 0 Å². The lowest BCUT2D eigenvalue weighted by Gasteiger charge is -2.33. The van der Waals surface area contributed by atoms with E-state index in [1.165, 1.54) is 44.1 Å². The van der Waals surface area contributed by atoms with Crippen LogP contribution >= 0.6 is 0 Å². The Balaban J connectivity index is 2.46. The van der Waals surface area contributed by atoms with Crippen LogP contribution in [-0.4, -0.2) is 0 Å². The van der Waals surface area contributed by atoms with Gasteiger partial charge in [-0.1, -0.05) is 55.7 Å². The first-order valence-electron chi connectivity index (χ1n) is 8.30. The highest BCUT2D eigenvalue weighted by atomic mass is 14.3. The molecule has 0 spiro atoms. The monoisotopic (exact) mass is 274 g/mol. The smallest absolute Gasteiger partial charge is 0.0254 e. The van der Waals surface area contributed by atoms with Gasteiger partial charge in [-0.05, 0) is 70.6 Å². The summed E-state index contributed by atoms with van der Waals surface area (Å²) >= 11 is 0. The van der Waals surface area contributed by atoms with Gasteiger partial charge < -0.3 is 0 Å². The summed E-state index contributed by atoms with van der Waals surface area (Å²) in [5.41, 5.74) is 5.16. The number of hydrogen-bond acceptors (Lipinski definition) is 0. The van der Waals surface area contributed by atoms with Crippen molar-refractivity contribution in [3.8, 4) is 0 Å². The average molecular weight is 274 g/mol. The summed E-state index contributed by atoms with van der Waals surface area (Å²) in [6.45, 7) is 13.8. The summed E-state index contributed by atoms with van der Waals surface area (Å²) in [4.78, 5) is 0. The summed E-state index contributed by atoms with van der Waals surface area (Å²) in [5, 5.41) is 0. The summed E-state index contributed by atoms with van der Waals surface area (Å²) in [6.07, 6.45) is 14.9. The molecule has 0 radical (unpaired) electrons. The SMILES string of the molecule is CC(C)=CCC/C(C)=C/CC1(C)CC=C(C(C)C)CC1. The zero-order chi connectivity index (χ0) is 15.2. The van der Waals surface area contributed by atoms with Crippen LogP contribution in [0.15, 0.2) is 34.9 Å². The van der Waals surface area contributed by atoms with Crippen LogP contribution in [-0.2, 0) is 0 Å². The third-order valence-corrected chi connectivity index (χ3v) is 4.65. The van der Waals surface area contributed by atoms with Crippen LogP contribution in [0.25, 0.3) is 0 Å². The van der Waals surface area contributed by atoms with Crippen LogP contribution < -0.4 is 0 Å². The van der Waals surface area contributed by atoms with Gasteiger partial charge in [-0.25, -0.2) is 0 Å². The zero-order valence-corrected chi connectivity index (χ0v) is 14.6. The van der Waals surface area contributed by atoms with E-state index < -0.39 is 0 Å². The van der Waals surface area contributed by atoms with E-state index in [1.54, 1.807) is 11.1 Å². The zero-order valence-electron chi connectivity index (χ0n) is 14.6. The molecule has 1 aliphatic carbocycles. The van der Waals surface area contributed by atoms with Crippen LogP contribution in [0.2, 0.25) is 0 Å². The maximum atomic E-state index is 2.51. The standard InChI is InChI=1S/C20H34/c1-16(2)8-7-9-18(5)10-13-20(6)14-11-19(12-15-20)17(3)4/h8,10-11,17H,7,9,12-15H2,1-6H3/b18-10+. The summed E-state index contributed by atoms with van der Waals surface area (Å²) in [5.74, 6) is 0.737. The second kappa shape index (κ2) is 7.86. The normalized spacial score (nSPS) is 23.8. The molecule has 0 heteroatoms. The van der Waals surface area contributed by atoms with Crippen molar-refractivity contribution in [2.24, 2.45) is 11.3 Å². The molecule has 0 aromatic heterocycles. The molecule has 20 heavy (non-hydrogen) atoms. The molecule has 0 saturated heterocycles. The van der Waals surface area contributed by atoms with Crippen LogP contribution in [0.5, 0.6) is 0 Å². The van der Waals surface area contributed by atoms with E-state index in [2.05, 4.69) is 59.8 Å². The first-order chi connectivity index (χ1) is 9.32. The highest BCUT2D eigenvalue weighted by molar-refractivity contribution is 5.13. The predicted octanol–water partition coefficient (Wildman–Crippen LogP) is 6.84. The van der Waals surface area contributed by atoms with E-state index in [1.807, 2.05) is 0 Å². The Morgan fingerprint density at radius 1 is 1.25 bits per heavy atom. The van der Waals surface area contributed by atoms with E-state index in [0.29, 0.717) is 5.41 Å². The first kappa shape index (κ1) is 17.3. The molecule has 0 amide bonds. The quantitative estimate of drug-likeness (QED) is 0.465. The van der Waals surface area contributed by atoms with Crippen LogP contribution in [0.3, 0.4) is 0 Å². The predicted molar refractivity (Wildman–Crippen MR) is 91.9 cm³/mol. The molecule has 0 heterocycles. The van der Waals surface area contributed by atoms with E-state index in [-0.39, 0.29) is 0 Å². The molecule has 1 unspecified atom stereocenters. The van der Waals surface area contributed by atoms with Gasteiger partial charge in [-0.3, -0.25) is 0 Å². The van der Waals surface area contributed by atoms with Gasteiger partial charge >= 0.3 is 0 Å². The molecular formula is C20H34. The second-order valence-electron chi connectivity index (χ2n) is 7.52. The fraction of sp³-hybridized carbons (Fsp3) is 0.700. The highest BCUT2D eigenvalue weighted by Gasteiger charge is 2.26. The van der Waals surface area contributed by atoms with Crippen molar-refractivity contribution in [2.45, 2.75) is 80.1 Å². The van der Waals surface area contributed by atoms with Crippen LogP contribution in [0.1, 0.15) is 80.1 Å². The van der Waals surface area contributed by atoms with Crippen molar-refractivity contribution in [2.75, 3.05) is 0 Å². The number of hydrogen-bond donors (Lipinski definition) is 0. The van der Waals surface area contributed by atoms with E-state index >= 15 is 0 Å². The molecule has 0 aromatic rings. The third kappa shape index (κ3) is 6.11. The lowest BCUT2D eigenvalue weighted by atomic mass is 9.72. The molecule has 0 bridgehead atoms. The van der Waals surface area contributed by atoms with E-state index in [4.69, 9.17) is 0 Å². The van der Waals surface area contributed by atoms with Gasteiger partial charge in [-0.15, -0.1) is 0 Å². The van der Waals surface area contributed by atoms with Crippen molar-refractivity contribution in [3.05, 3.63) is 34.9 Å². The van der Waals surface area contributed by atoms with Crippen LogP contribution in [0.4, 0.5) is 0 Å². The van der Waals surface area contributed by atoms with Gasteiger partial charge in [-0.2, -0.15) is 0 Å². The minimum atomic E-state index is 0.496. The summed E-state index contributed by atoms with van der Waals surface area (Å²) < 4.78 is 0. The Kier molecular flexibility index (Phi) is 6.79. The average Bonchev–Trinajstić information content (AvgIpc) is 2.36. The maximum Gasteiger partial charge on any atom is -0.0254 e. The minimum Gasteiger partial charge on any atom is -0.0856 e. The molecule has 0 fully saturated rings. The Bertz CT molecular complexity index is 388. The molecule has 0 aliphatic heterocycles. The largest absolute Gasteiger partial charge is 0.0856 e. The van der Waals surface area contributed by atoms with Crippen LogP contribution in [0, 0.1) is 11.3 Å². The summed E-state index contributed by atoms with van der Waals surface area (Å²) in [6, 6.07) is 0. The molecule has 0 nitrogen and oxygen atoms in total. The highest BCUT2D eigenvalue weighted by Crippen LogP contribution is 2.40. The number of allylic oxidation sites excluding steroid dienone is 6. The second-order valence-corrected chi connectivity index (χ2v) is 7.52. The maximum absolute atomic E-state index is 2.51. The van der Waals surface area contributed by atoms with E-state index in [0.717, 1.165) is 5.92 Å². The Morgan fingerprint density at radius 2 is 1.95 bits per heavy atom. The minimum absolute atomic E-state index is 0.496. The Hall–Kier alpha value is -0.780. The Labute approximate surface area is 127 Å². The van der Waals surface area contributed by atoms with Crippen molar-refractivity contribution < 1.29 is 0 Å².